The summed E-state index contributed by atoms with van der Waals surface area (Å²) >= 11 is 1.88. The monoisotopic (exact) mass is 281 g/mol. The van der Waals surface area contributed by atoms with Gasteiger partial charge in [0.25, 0.3) is 5.91 Å². The van der Waals surface area contributed by atoms with Crippen LogP contribution in [0.2, 0.25) is 0 Å². The molecule has 0 bridgehead atoms. The lowest BCUT2D eigenvalue weighted by Crippen LogP contribution is -2.23. The van der Waals surface area contributed by atoms with Gasteiger partial charge >= 0.3 is 0 Å². The summed E-state index contributed by atoms with van der Waals surface area (Å²) in [5.41, 5.74) is 8.10. The maximum Gasteiger partial charge on any atom is 0.253 e. The van der Waals surface area contributed by atoms with Gasteiger partial charge in [-0.25, -0.2) is 0 Å². The minimum Gasteiger partial charge on any atom is -0.397 e. The Labute approximate surface area is 119 Å². The summed E-state index contributed by atoms with van der Waals surface area (Å²) in [4.78, 5) is 13.5. The van der Waals surface area contributed by atoms with E-state index in [0.717, 1.165) is 17.2 Å². The maximum atomic E-state index is 11.9. The van der Waals surface area contributed by atoms with Crippen molar-refractivity contribution in [2.75, 3.05) is 36.7 Å². The minimum atomic E-state index is -0.0152. The van der Waals surface area contributed by atoms with Crippen molar-refractivity contribution in [3.8, 4) is 0 Å². The van der Waals surface area contributed by atoms with E-state index in [4.69, 9.17) is 5.73 Å². The first-order valence-corrected chi connectivity index (χ1v) is 7.56. The summed E-state index contributed by atoms with van der Waals surface area (Å²) in [6.07, 6.45) is 0. The molecule has 0 saturated carbocycles. The number of carbonyl (C=O) groups is 1. The van der Waals surface area contributed by atoms with Crippen molar-refractivity contribution in [1.29, 1.82) is 0 Å². The third kappa shape index (κ3) is 4.67. The van der Waals surface area contributed by atoms with Crippen molar-refractivity contribution in [1.82, 2.24) is 4.90 Å². The highest BCUT2D eigenvalue weighted by Gasteiger charge is 2.11. The molecule has 106 valence electrons. The molecule has 0 aliphatic heterocycles. The molecule has 0 aliphatic carbocycles. The molecule has 1 amide bonds. The van der Waals surface area contributed by atoms with Crippen molar-refractivity contribution in [3.63, 3.8) is 0 Å². The summed E-state index contributed by atoms with van der Waals surface area (Å²) < 4.78 is 0. The number of hydrogen-bond donors (Lipinski definition) is 2. The molecule has 1 aromatic rings. The van der Waals surface area contributed by atoms with Crippen LogP contribution in [0.15, 0.2) is 18.2 Å². The summed E-state index contributed by atoms with van der Waals surface area (Å²) in [6, 6.07) is 5.68. The summed E-state index contributed by atoms with van der Waals surface area (Å²) in [7, 11) is 3.48. The lowest BCUT2D eigenvalue weighted by atomic mass is 10.1. The molecule has 0 aliphatic rings. The van der Waals surface area contributed by atoms with Crippen LogP contribution >= 0.6 is 11.8 Å². The summed E-state index contributed by atoms with van der Waals surface area (Å²) in [6.45, 7) is 4.25. The van der Waals surface area contributed by atoms with E-state index < -0.39 is 0 Å². The Morgan fingerprint density at radius 3 is 2.74 bits per heavy atom. The third-order valence-corrected chi connectivity index (χ3v) is 3.82. The lowest BCUT2D eigenvalue weighted by Gasteiger charge is -2.18. The molecule has 1 atom stereocenters. The molecule has 5 heteroatoms. The van der Waals surface area contributed by atoms with E-state index in [-0.39, 0.29) is 5.91 Å². The second-order valence-electron chi connectivity index (χ2n) is 4.71. The van der Waals surface area contributed by atoms with Gasteiger partial charge < -0.3 is 16.0 Å². The van der Waals surface area contributed by atoms with Crippen LogP contribution in [0.1, 0.15) is 24.2 Å². The van der Waals surface area contributed by atoms with Crippen LogP contribution in [0.3, 0.4) is 0 Å². The van der Waals surface area contributed by atoms with E-state index in [0.29, 0.717) is 17.3 Å². The van der Waals surface area contributed by atoms with Gasteiger partial charge in [0.15, 0.2) is 0 Å². The van der Waals surface area contributed by atoms with Gasteiger partial charge in [0.1, 0.15) is 0 Å². The fourth-order valence-electron chi connectivity index (χ4n) is 1.67. The second-order valence-corrected chi connectivity index (χ2v) is 6.03. The first-order chi connectivity index (χ1) is 8.95. The zero-order valence-corrected chi connectivity index (χ0v) is 12.9. The molecule has 0 heterocycles. The number of hydrogen-bond acceptors (Lipinski definition) is 4. The largest absolute Gasteiger partial charge is 0.397 e. The molecule has 1 aromatic carbocycles. The lowest BCUT2D eigenvalue weighted by molar-refractivity contribution is 0.0827. The quantitative estimate of drug-likeness (QED) is 0.787. The molecular weight excluding hydrogens is 258 g/mol. The van der Waals surface area contributed by atoms with Crippen LogP contribution in [-0.4, -0.2) is 42.4 Å². The highest BCUT2D eigenvalue weighted by molar-refractivity contribution is 7.99. The third-order valence-electron chi connectivity index (χ3n) is 2.68. The average molecular weight is 281 g/mol. The van der Waals surface area contributed by atoms with E-state index in [1.807, 2.05) is 17.8 Å². The van der Waals surface area contributed by atoms with Gasteiger partial charge in [-0.2, -0.15) is 11.8 Å². The van der Waals surface area contributed by atoms with Gasteiger partial charge in [-0.1, -0.05) is 6.92 Å². The minimum absolute atomic E-state index is 0.0152. The first-order valence-electron chi connectivity index (χ1n) is 6.41. The smallest absolute Gasteiger partial charge is 0.253 e. The fourth-order valence-corrected chi connectivity index (χ4v) is 2.35. The van der Waals surface area contributed by atoms with Crippen LogP contribution in [-0.2, 0) is 0 Å². The highest BCUT2D eigenvalue weighted by atomic mass is 32.2. The molecule has 0 spiro atoms. The number of carbonyl (C=O) groups excluding carboxylic acids is 1. The highest BCUT2D eigenvalue weighted by Crippen LogP contribution is 2.22. The Balaban J connectivity index is 2.82. The average Bonchev–Trinajstić information content (AvgIpc) is 2.38. The molecule has 0 radical (unpaired) electrons. The molecule has 1 rings (SSSR count). The van der Waals surface area contributed by atoms with Crippen molar-refractivity contribution in [2.24, 2.45) is 0 Å². The first kappa shape index (κ1) is 15.7. The Kier molecular flexibility index (Phi) is 6.02. The fraction of sp³-hybridized carbons (Fsp3) is 0.500. The molecule has 1 unspecified atom stereocenters. The summed E-state index contributed by atoms with van der Waals surface area (Å²) in [5, 5.41) is 3.36. The summed E-state index contributed by atoms with van der Waals surface area (Å²) in [5.74, 6) is 2.10. The predicted molar refractivity (Wildman–Crippen MR) is 85.0 cm³/mol. The number of nitrogens with two attached hydrogens (primary N) is 1. The van der Waals surface area contributed by atoms with Gasteiger partial charge in [-0.05, 0) is 30.9 Å². The van der Waals surface area contributed by atoms with Gasteiger partial charge in [0.05, 0.1) is 11.4 Å². The SMILES string of the molecule is CCSCC(C)Nc1cc(C(=O)N(C)C)ccc1N. The number of nitrogens with zero attached hydrogens (tertiary/aromatic N) is 1. The number of thioether (sulfide) groups is 1. The number of nitrogens with one attached hydrogen (secondary N) is 1. The van der Waals surface area contributed by atoms with E-state index in [2.05, 4.69) is 19.2 Å². The van der Waals surface area contributed by atoms with Crippen molar-refractivity contribution < 1.29 is 4.79 Å². The van der Waals surface area contributed by atoms with Gasteiger partial charge in [-0.15, -0.1) is 0 Å². The molecular formula is C14H23N3OS. The van der Waals surface area contributed by atoms with Gasteiger partial charge in [-0.3, -0.25) is 4.79 Å². The molecule has 4 nitrogen and oxygen atoms in total. The molecule has 0 fully saturated rings. The molecule has 3 N–H and O–H groups in total. The Morgan fingerprint density at radius 2 is 2.16 bits per heavy atom. The van der Waals surface area contributed by atoms with Crippen LogP contribution in [0.4, 0.5) is 11.4 Å². The van der Waals surface area contributed by atoms with Crippen LogP contribution < -0.4 is 11.1 Å². The van der Waals surface area contributed by atoms with E-state index in [1.165, 1.54) is 0 Å². The topological polar surface area (TPSA) is 58.4 Å². The Morgan fingerprint density at radius 1 is 1.47 bits per heavy atom. The standard InChI is InChI=1S/C14H23N3OS/c1-5-19-9-10(2)16-13-8-11(6-7-12(13)15)14(18)17(3)4/h6-8,10,16H,5,9,15H2,1-4H3. The van der Waals surface area contributed by atoms with E-state index in [1.54, 1.807) is 31.1 Å². The van der Waals surface area contributed by atoms with Crippen molar-refractivity contribution in [2.45, 2.75) is 19.9 Å². The predicted octanol–water partition coefficient (Wildman–Crippen LogP) is 2.52. The molecule has 0 aromatic heterocycles. The molecule has 0 saturated heterocycles. The number of anilines is 2. The zero-order chi connectivity index (χ0) is 14.4. The zero-order valence-electron chi connectivity index (χ0n) is 12.1. The number of benzene rings is 1. The van der Waals surface area contributed by atoms with Crippen LogP contribution in [0.25, 0.3) is 0 Å². The van der Waals surface area contributed by atoms with Gasteiger partial charge in [0.2, 0.25) is 0 Å². The van der Waals surface area contributed by atoms with Crippen molar-refractivity contribution in [3.05, 3.63) is 23.8 Å². The number of nitrogen functional groups attached to an aromatic ring is 1. The molecule has 19 heavy (non-hydrogen) atoms. The Hall–Kier alpha value is -1.36. The normalized spacial score (nSPS) is 12.0. The van der Waals surface area contributed by atoms with Gasteiger partial charge in [0, 0.05) is 31.5 Å². The van der Waals surface area contributed by atoms with Crippen LogP contribution in [0, 0.1) is 0 Å². The second kappa shape index (κ2) is 7.28. The van der Waals surface area contributed by atoms with E-state index >= 15 is 0 Å². The van der Waals surface area contributed by atoms with Crippen molar-refractivity contribution >= 4 is 29.0 Å². The van der Waals surface area contributed by atoms with E-state index in [9.17, 15) is 4.79 Å². The van der Waals surface area contributed by atoms with Crippen LogP contribution in [0.5, 0.6) is 0 Å². The number of rotatable bonds is 6. The number of amides is 1. The maximum absolute atomic E-state index is 11.9. The Bertz CT molecular complexity index is 435.